The van der Waals surface area contributed by atoms with Gasteiger partial charge in [0.2, 0.25) is 11.8 Å². The standard InChI is InChI=1S/C22H19F3N2O6/c23-22(24,25)33-14-8-4-7-13(9-14)17-15-16(21(11-28,26-17)20(31)32)19(30)27(18(15)29)10-12-5-2-1-3-6-12/h1-9,15-17,26,28H,10-11H2,(H,31,32). The molecule has 11 heteroatoms. The minimum atomic E-state index is -4.95. The number of halogens is 3. The van der Waals surface area contributed by atoms with Crippen LogP contribution < -0.4 is 10.1 Å². The fourth-order valence-corrected chi connectivity index (χ4v) is 4.59. The van der Waals surface area contributed by atoms with Gasteiger partial charge in [0.25, 0.3) is 0 Å². The Morgan fingerprint density at radius 2 is 1.79 bits per heavy atom. The number of carbonyl (C=O) groups excluding carboxylic acids is 2. The number of aliphatic carboxylic acids is 1. The van der Waals surface area contributed by atoms with Gasteiger partial charge in [-0.2, -0.15) is 0 Å². The van der Waals surface area contributed by atoms with E-state index in [1.165, 1.54) is 12.1 Å². The molecule has 0 saturated carbocycles. The summed E-state index contributed by atoms with van der Waals surface area (Å²) < 4.78 is 41.9. The van der Waals surface area contributed by atoms with Crippen LogP contribution in [0.1, 0.15) is 17.2 Å². The molecule has 0 radical (unpaired) electrons. The maximum atomic E-state index is 13.3. The number of carbonyl (C=O) groups is 3. The molecule has 2 aromatic carbocycles. The second-order valence-corrected chi connectivity index (χ2v) is 7.93. The molecule has 2 aromatic rings. The van der Waals surface area contributed by atoms with Crippen molar-refractivity contribution >= 4 is 17.8 Å². The summed E-state index contributed by atoms with van der Waals surface area (Å²) in [5.41, 5.74) is -1.44. The van der Waals surface area contributed by atoms with E-state index in [9.17, 15) is 37.8 Å². The van der Waals surface area contributed by atoms with Crippen LogP contribution >= 0.6 is 0 Å². The van der Waals surface area contributed by atoms with Gasteiger partial charge in [-0.3, -0.25) is 24.6 Å². The summed E-state index contributed by atoms with van der Waals surface area (Å²) in [4.78, 5) is 39.6. The largest absolute Gasteiger partial charge is 0.573 e. The second-order valence-electron chi connectivity index (χ2n) is 7.93. The van der Waals surface area contributed by atoms with E-state index in [0.717, 1.165) is 17.0 Å². The molecule has 0 spiro atoms. The average molecular weight is 464 g/mol. The molecule has 174 valence electrons. The van der Waals surface area contributed by atoms with Gasteiger partial charge in [-0.25, -0.2) is 0 Å². The Balaban J connectivity index is 1.75. The Labute approximate surface area is 185 Å². The fourth-order valence-electron chi connectivity index (χ4n) is 4.59. The molecule has 2 heterocycles. The summed E-state index contributed by atoms with van der Waals surface area (Å²) in [5.74, 6) is -6.26. The highest BCUT2D eigenvalue weighted by Gasteiger charge is 2.68. The molecule has 2 saturated heterocycles. The van der Waals surface area contributed by atoms with Crippen LogP contribution in [0.3, 0.4) is 0 Å². The number of carboxylic acid groups (broad SMARTS) is 1. The zero-order valence-electron chi connectivity index (χ0n) is 17.0. The number of hydrogen-bond acceptors (Lipinski definition) is 6. The van der Waals surface area contributed by atoms with Gasteiger partial charge in [-0.15, -0.1) is 13.2 Å². The van der Waals surface area contributed by atoms with E-state index in [2.05, 4.69) is 10.1 Å². The van der Waals surface area contributed by atoms with E-state index < -0.39 is 59.9 Å². The molecule has 0 aliphatic carbocycles. The van der Waals surface area contributed by atoms with Crippen LogP contribution in [-0.4, -0.2) is 51.4 Å². The highest BCUT2D eigenvalue weighted by molar-refractivity contribution is 6.09. The maximum absolute atomic E-state index is 13.3. The van der Waals surface area contributed by atoms with Crippen LogP contribution in [0.4, 0.5) is 13.2 Å². The Morgan fingerprint density at radius 3 is 2.39 bits per heavy atom. The lowest BCUT2D eigenvalue weighted by Crippen LogP contribution is -2.58. The Morgan fingerprint density at radius 1 is 1.09 bits per heavy atom. The number of imide groups is 1. The number of likely N-dealkylation sites (tertiary alicyclic amines) is 1. The van der Waals surface area contributed by atoms with E-state index in [1.807, 2.05) is 0 Å². The van der Waals surface area contributed by atoms with Crippen LogP contribution in [0, 0.1) is 11.8 Å². The van der Waals surface area contributed by atoms with Gasteiger partial charge in [0, 0.05) is 6.04 Å². The Kier molecular flexibility index (Phi) is 5.62. The monoisotopic (exact) mass is 464 g/mol. The quantitative estimate of drug-likeness (QED) is 0.559. The van der Waals surface area contributed by atoms with Crippen molar-refractivity contribution in [2.45, 2.75) is 24.5 Å². The molecule has 2 aliphatic heterocycles. The van der Waals surface area contributed by atoms with Crippen molar-refractivity contribution in [3.63, 3.8) is 0 Å². The molecular formula is C22H19F3N2O6. The number of fused-ring (bicyclic) bond motifs is 1. The van der Waals surface area contributed by atoms with E-state index in [1.54, 1.807) is 30.3 Å². The van der Waals surface area contributed by atoms with Crippen LogP contribution in [0.2, 0.25) is 0 Å². The third-order valence-corrected chi connectivity index (χ3v) is 6.01. The van der Waals surface area contributed by atoms with Crippen molar-refractivity contribution in [1.29, 1.82) is 0 Å². The van der Waals surface area contributed by atoms with E-state index in [-0.39, 0.29) is 12.1 Å². The molecule has 3 N–H and O–H groups in total. The molecule has 2 amide bonds. The number of nitrogens with one attached hydrogen (secondary N) is 1. The van der Waals surface area contributed by atoms with Crippen LogP contribution in [0.15, 0.2) is 54.6 Å². The molecule has 4 rings (SSSR count). The van der Waals surface area contributed by atoms with Gasteiger partial charge < -0.3 is 14.9 Å². The number of nitrogens with zero attached hydrogens (tertiary/aromatic N) is 1. The summed E-state index contributed by atoms with van der Waals surface area (Å²) in [6, 6.07) is 12.2. The number of rotatable bonds is 6. The summed E-state index contributed by atoms with van der Waals surface area (Å²) in [5, 5.41) is 22.5. The van der Waals surface area contributed by atoms with E-state index in [4.69, 9.17) is 0 Å². The molecule has 0 aromatic heterocycles. The first-order chi connectivity index (χ1) is 15.6. The zero-order chi connectivity index (χ0) is 24.0. The first kappa shape index (κ1) is 22.7. The highest BCUT2D eigenvalue weighted by Crippen LogP contribution is 2.49. The van der Waals surface area contributed by atoms with Crippen LogP contribution in [0.5, 0.6) is 5.75 Å². The fraction of sp³-hybridized carbons (Fsp3) is 0.318. The third-order valence-electron chi connectivity index (χ3n) is 6.01. The molecule has 8 nitrogen and oxygen atoms in total. The normalized spacial score (nSPS) is 27.0. The van der Waals surface area contributed by atoms with E-state index in [0.29, 0.717) is 5.56 Å². The lowest BCUT2D eigenvalue weighted by atomic mass is 9.79. The van der Waals surface area contributed by atoms with Gasteiger partial charge in [0.1, 0.15) is 5.75 Å². The molecule has 2 fully saturated rings. The van der Waals surface area contributed by atoms with Crippen LogP contribution in [-0.2, 0) is 20.9 Å². The average Bonchev–Trinajstić information content (AvgIpc) is 3.24. The predicted molar refractivity (Wildman–Crippen MR) is 105 cm³/mol. The lowest BCUT2D eigenvalue weighted by Gasteiger charge is -2.29. The van der Waals surface area contributed by atoms with Crippen LogP contribution in [0.25, 0.3) is 0 Å². The number of hydrogen-bond donors (Lipinski definition) is 3. The van der Waals surface area contributed by atoms with E-state index >= 15 is 0 Å². The molecular weight excluding hydrogens is 445 g/mol. The van der Waals surface area contributed by atoms with Crippen molar-refractivity contribution in [2.75, 3.05) is 6.61 Å². The van der Waals surface area contributed by atoms with Crippen molar-refractivity contribution in [2.24, 2.45) is 11.8 Å². The van der Waals surface area contributed by atoms with Gasteiger partial charge in [-0.1, -0.05) is 42.5 Å². The summed E-state index contributed by atoms with van der Waals surface area (Å²) in [6.45, 7) is -1.10. The number of ether oxygens (including phenoxy) is 1. The maximum Gasteiger partial charge on any atom is 0.573 e. The Bertz CT molecular complexity index is 1090. The highest BCUT2D eigenvalue weighted by atomic mass is 19.4. The van der Waals surface area contributed by atoms with Crippen molar-refractivity contribution < 1.29 is 42.5 Å². The van der Waals surface area contributed by atoms with Crippen molar-refractivity contribution in [1.82, 2.24) is 10.2 Å². The lowest BCUT2D eigenvalue weighted by molar-refractivity contribution is -0.274. The minimum Gasteiger partial charge on any atom is -0.480 e. The molecule has 0 bridgehead atoms. The van der Waals surface area contributed by atoms with Crippen molar-refractivity contribution in [3.8, 4) is 5.75 Å². The van der Waals surface area contributed by atoms with Crippen molar-refractivity contribution in [3.05, 3.63) is 65.7 Å². The summed E-state index contributed by atoms with van der Waals surface area (Å²) >= 11 is 0. The second kappa shape index (κ2) is 8.16. The van der Waals surface area contributed by atoms with Gasteiger partial charge in [-0.05, 0) is 23.3 Å². The SMILES string of the molecule is O=C1C2C(c3cccc(OC(F)(F)F)c3)NC(CO)(C(=O)O)C2C(=O)N1Cc1ccccc1. The van der Waals surface area contributed by atoms with Gasteiger partial charge >= 0.3 is 12.3 Å². The number of aliphatic hydroxyl groups excluding tert-OH is 1. The molecule has 33 heavy (non-hydrogen) atoms. The molecule has 4 atom stereocenters. The topological polar surface area (TPSA) is 116 Å². The zero-order valence-corrected chi connectivity index (χ0v) is 17.0. The summed E-state index contributed by atoms with van der Waals surface area (Å²) in [7, 11) is 0. The first-order valence-corrected chi connectivity index (χ1v) is 9.94. The number of aliphatic hydroxyl groups is 1. The predicted octanol–water partition coefficient (Wildman–Crippen LogP) is 1.85. The minimum absolute atomic E-state index is 0.101. The summed E-state index contributed by atoms with van der Waals surface area (Å²) in [6.07, 6.45) is -4.95. The van der Waals surface area contributed by atoms with Gasteiger partial charge in [0.15, 0.2) is 5.54 Å². The Hall–Kier alpha value is -3.44. The first-order valence-electron chi connectivity index (χ1n) is 9.94. The van der Waals surface area contributed by atoms with Gasteiger partial charge in [0.05, 0.1) is 25.0 Å². The number of alkyl halides is 3. The smallest absolute Gasteiger partial charge is 0.480 e. The third kappa shape index (κ3) is 3.93. The number of benzene rings is 2. The molecule has 4 unspecified atom stereocenters. The molecule has 2 aliphatic rings. The number of amides is 2. The number of carboxylic acids is 1.